The number of nitrogens with zero attached hydrogens (tertiary/aromatic N) is 4. The summed E-state index contributed by atoms with van der Waals surface area (Å²) < 4.78 is 7.01. The van der Waals surface area contributed by atoms with Crippen LogP contribution in [0.5, 0.6) is 0 Å². The van der Waals surface area contributed by atoms with Crippen LogP contribution in [0.2, 0.25) is 0 Å². The highest BCUT2D eigenvalue weighted by molar-refractivity contribution is 5.93. The molecule has 0 saturated carbocycles. The summed E-state index contributed by atoms with van der Waals surface area (Å²) in [5.74, 6) is 0.0253. The maximum atomic E-state index is 12.6. The first-order valence-corrected chi connectivity index (χ1v) is 7.72. The van der Waals surface area contributed by atoms with Gasteiger partial charge in [0.05, 0.1) is 6.61 Å². The molecular formula is C16H22N4O2. The van der Waals surface area contributed by atoms with Crippen LogP contribution in [0.15, 0.2) is 30.6 Å². The maximum absolute atomic E-state index is 12.6. The minimum atomic E-state index is 0.0253. The molecule has 1 amide bonds. The van der Waals surface area contributed by atoms with Crippen molar-refractivity contribution in [3.8, 4) is 0 Å². The lowest BCUT2D eigenvalue weighted by atomic mass is 10.3. The Hall–Kier alpha value is -1.92. The third-order valence-electron chi connectivity index (χ3n) is 4.07. The smallest absolute Gasteiger partial charge is 0.274 e. The highest BCUT2D eigenvalue weighted by atomic mass is 16.5. The van der Waals surface area contributed by atoms with Gasteiger partial charge in [0, 0.05) is 45.7 Å². The minimum Gasteiger partial charge on any atom is -0.383 e. The van der Waals surface area contributed by atoms with Crippen molar-refractivity contribution in [2.45, 2.75) is 6.42 Å². The Morgan fingerprint density at radius 2 is 2.18 bits per heavy atom. The lowest BCUT2D eigenvalue weighted by Gasteiger charge is -2.21. The van der Waals surface area contributed by atoms with E-state index in [0.717, 1.165) is 51.4 Å². The van der Waals surface area contributed by atoms with Crippen molar-refractivity contribution in [3.63, 3.8) is 0 Å². The van der Waals surface area contributed by atoms with Crippen molar-refractivity contribution in [1.29, 1.82) is 0 Å². The molecule has 6 nitrogen and oxygen atoms in total. The quantitative estimate of drug-likeness (QED) is 0.849. The van der Waals surface area contributed by atoms with Crippen molar-refractivity contribution in [3.05, 3.63) is 36.3 Å². The lowest BCUT2D eigenvalue weighted by Crippen LogP contribution is -2.36. The number of hydrogen-bond donors (Lipinski definition) is 0. The van der Waals surface area contributed by atoms with E-state index < -0.39 is 0 Å². The van der Waals surface area contributed by atoms with Gasteiger partial charge in [0.15, 0.2) is 0 Å². The van der Waals surface area contributed by atoms with Crippen LogP contribution in [0.25, 0.3) is 5.65 Å². The first-order valence-electron chi connectivity index (χ1n) is 7.72. The number of aromatic nitrogens is 2. The fraction of sp³-hybridized carbons (Fsp3) is 0.500. The highest BCUT2D eigenvalue weighted by Crippen LogP contribution is 2.10. The Morgan fingerprint density at radius 1 is 1.27 bits per heavy atom. The van der Waals surface area contributed by atoms with Gasteiger partial charge < -0.3 is 14.0 Å². The van der Waals surface area contributed by atoms with E-state index in [1.807, 2.05) is 39.9 Å². The number of fused-ring (bicyclic) bond motifs is 1. The number of ether oxygens (including phenoxy) is 1. The summed E-state index contributed by atoms with van der Waals surface area (Å²) in [4.78, 5) is 21.3. The summed E-state index contributed by atoms with van der Waals surface area (Å²) in [6.07, 6.45) is 4.71. The van der Waals surface area contributed by atoms with Crippen molar-refractivity contribution in [2.75, 3.05) is 46.4 Å². The Balaban J connectivity index is 1.67. The molecule has 1 saturated heterocycles. The van der Waals surface area contributed by atoms with Crippen LogP contribution in [-0.2, 0) is 4.74 Å². The van der Waals surface area contributed by atoms with E-state index in [9.17, 15) is 4.79 Å². The number of methoxy groups -OCH3 is 1. The first-order chi connectivity index (χ1) is 10.8. The molecule has 0 spiro atoms. The van der Waals surface area contributed by atoms with Gasteiger partial charge in [-0.15, -0.1) is 0 Å². The molecule has 1 aliphatic heterocycles. The predicted molar refractivity (Wildman–Crippen MR) is 84.0 cm³/mol. The average Bonchev–Trinajstić information content (AvgIpc) is 2.84. The molecule has 22 heavy (non-hydrogen) atoms. The van der Waals surface area contributed by atoms with Crippen molar-refractivity contribution in [1.82, 2.24) is 19.2 Å². The molecule has 3 heterocycles. The molecule has 0 aliphatic carbocycles. The van der Waals surface area contributed by atoms with Crippen LogP contribution in [0, 0.1) is 0 Å². The number of amides is 1. The van der Waals surface area contributed by atoms with Crippen LogP contribution >= 0.6 is 0 Å². The third-order valence-corrected chi connectivity index (χ3v) is 4.07. The van der Waals surface area contributed by atoms with Gasteiger partial charge in [-0.25, -0.2) is 4.98 Å². The number of rotatable bonds is 4. The molecule has 118 valence electrons. The van der Waals surface area contributed by atoms with Crippen molar-refractivity contribution < 1.29 is 9.53 Å². The van der Waals surface area contributed by atoms with Crippen LogP contribution in [-0.4, -0.2) is 71.5 Å². The van der Waals surface area contributed by atoms with E-state index in [4.69, 9.17) is 4.74 Å². The molecule has 0 N–H and O–H groups in total. The SMILES string of the molecule is COCCN1CCCN(C(=O)c2cn3ccccc3n2)CC1. The highest BCUT2D eigenvalue weighted by Gasteiger charge is 2.22. The molecular weight excluding hydrogens is 280 g/mol. The monoisotopic (exact) mass is 302 g/mol. The van der Waals surface area contributed by atoms with Crippen LogP contribution in [0.4, 0.5) is 0 Å². The second-order valence-corrected chi connectivity index (χ2v) is 5.57. The van der Waals surface area contributed by atoms with E-state index in [0.29, 0.717) is 5.69 Å². The number of imidazole rings is 1. The average molecular weight is 302 g/mol. The van der Waals surface area contributed by atoms with Crippen LogP contribution < -0.4 is 0 Å². The first kappa shape index (κ1) is 15.0. The van der Waals surface area contributed by atoms with Crippen molar-refractivity contribution >= 4 is 11.6 Å². The lowest BCUT2D eigenvalue weighted by molar-refractivity contribution is 0.0754. The summed E-state index contributed by atoms with van der Waals surface area (Å²) in [5, 5.41) is 0. The third kappa shape index (κ3) is 3.28. The molecule has 0 bridgehead atoms. The maximum Gasteiger partial charge on any atom is 0.274 e. The summed E-state index contributed by atoms with van der Waals surface area (Å²) in [6, 6.07) is 5.77. The number of carbonyl (C=O) groups is 1. The van der Waals surface area contributed by atoms with Gasteiger partial charge in [0.2, 0.25) is 0 Å². The molecule has 1 fully saturated rings. The molecule has 2 aromatic heterocycles. The largest absolute Gasteiger partial charge is 0.383 e. The van der Waals surface area contributed by atoms with Gasteiger partial charge in [0.25, 0.3) is 5.91 Å². The standard InChI is InChI=1S/C16H22N4O2/c1-22-12-11-18-6-4-8-19(10-9-18)16(21)14-13-20-7-3-2-5-15(20)17-14/h2-3,5,7,13H,4,6,8-12H2,1H3. The van der Waals surface area contributed by atoms with Crippen LogP contribution in [0.3, 0.4) is 0 Å². The van der Waals surface area contributed by atoms with Gasteiger partial charge in [-0.2, -0.15) is 0 Å². The van der Waals surface area contributed by atoms with E-state index in [1.165, 1.54) is 0 Å². The van der Waals surface area contributed by atoms with Gasteiger partial charge >= 0.3 is 0 Å². The van der Waals surface area contributed by atoms with Gasteiger partial charge in [-0.05, 0) is 25.1 Å². The summed E-state index contributed by atoms with van der Waals surface area (Å²) in [7, 11) is 1.72. The summed E-state index contributed by atoms with van der Waals surface area (Å²) in [5.41, 5.74) is 1.33. The molecule has 0 atom stereocenters. The topological polar surface area (TPSA) is 50.1 Å². The summed E-state index contributed by atoms with van der Waals surface area (Å²) >= 11 is 0. The normalized spacial score (nSPS) is 16.9. The van der Waals surface area contributed by atoms with E-state index in [2.05, 4.69) is 9.88 Å². The van der Waals surface area contributed by atoms with Gasteiger partial charge in [-0.1, -0.05) is 6.07 Å². The zero-order chi connectivity index (χ0) is 15.4. The Bertz CT molecular complexity index is 607. The van der Waals surface area contributed by atoms with Crippen molar-refractivity contribution in [2.24, 2.45) is 0 Å². The second kappa shape index (κ2) is 6.89. The molecule has 0 aromatic carbocycles. The fourth-order valence-corrected chi connectivity index (χ4v) is 2.82. The number of carbonyl (C=O) groups excluding carboxylic acids is 1. The summed E-state index contributed by atoms with van der Waals surface area (Å²) in [6.45, 7) is 5.10. The predicted octanol–water partition coefficient (Wildman–Crippen LogP) is 1.13. The zero-order valence-corrected chi connectivity index (χ0v) is 12.9. The Morgan fingerprint density at radius 3 is 3.00 bits per heavy atom. The fourth-order valence-electron chi connectivity index (χ4n) is 2.82. The molecule has 6 heteroatoms. The number of pyridine rings is 1. The molecule has 0 radical (unpaired) electrons. The Labute approximate surface area is 130 Å². The van der Waals surface area contributed by atoms with Gasteiger partial charge in [0.1, 0.15) is 11.3 Å². The molecule has 2 aromatic rings. The molecule has 3 rings (SSSR count). The number of hydrogen-bond acceptors (Lipinski definition) is 4. The van der Waals surface area contributed by atoms with E-state index in [1.54, 1.807) is 7.11 Å². The molecule has 1 aliphatic rings. The Kier molecular flexibility index (Phi) is 4.70. The van der Waals surface area contributed by atoms with E-state index in [-0.39, 0.29) is 5.91 Å². The minimum absolute atomic E-state index is 0.0253. The zero-order valence-electron chi connectivity index (χ0n) is 12.9. The second-order valence-electron chi connectivity index (χ2n) is 5.57. The van der Waals surface area contributed by atoms with Gasteiger partial charge in [-0.3, -0.25) is 9.69 Å². The molecule has 0 unspecified atom stereocenters. The van der Waals surface area contributed by atoms with Crippen LogP contribution in [0.1, 0.15) is 16.9 Å². The van der Waals surface area contributed by atoms with E-state index >= 15 is 0 Å².